The van der Waals surface area contributed by atoms with Gasteiger partial charge in [-0.2, -0.15) is 0 Å². The van der Waals surface area contributed by atoms with Crippen LogP contribution in [0.15, 0.2) is 30.5 Å². The van der Waals surface area contributed by atoms with E-state index >= 15 is 0 Å². The van der Waals surface area contributed by atoms with Gasteiger partial charge in [-0.25, -0.2) is 4.98 Å². The first-order valence-corrected chi connectivity index (χ1v) is 7.48. The number of imidazole rings is 1. The maximum atomic E-state index is 4.61. The number of anilines is 1. The molecule has 1 aromatic heterocycles. The van der Waals surface area contributed by atoms with Gasteiger partial charge in [-0.15, -0.1) is 0 Å². The molecule has 0 aliphatic heterocycles. The van der Waals surface area contributed by atoms with Gasteiger partial charge in [0.25, 0.3) is 0 Å². The summed E-state index contributed by atoms with van der Waals surface area (Å²) in [5.41, 5.74) is 3.73. The van der Waals surface area contributed by atoms with E-state index in [1.165, 1.54) is 24.0 Å². The Hall–Kier alpha value is -1.77. The van der Waals surface area contributed by atoms with Crippen LogP contribution in [0.2, 0.25) is 0 Å². The molecular formula is C17H25N3. The summed E-state index contributed by atoms with van der Waals surface area (Å²) in [6.45, 7) is 9.63. The van der Waals surface area contributed by atoms with Crippen LogP contribution in [-0.2, 0) is 0 Å². The number of nitrogens with one attached hydrogen (secondary N) is 1. The second-order valence-electron chi connectivity index (χ2n) is 5.43. The first kappa shape index (κ1) is 14.6. The van der Waals surface area contributed by atoms with Crippen molar-refractivity contribution in [1.29, 1.82) is 0 Å². The number of aromatic nitrogens is 2. The fraction of sp³-hybridized carbons (Fsp3) is 0.471. The van der Waals surface area contributed by atoms with Crippen LogP contribution in [0.3, 0.4) is 0 Å². The van der Waals surface area contributed by atoms with E-state index in [1.54, 1.807) is 0 Å². The second kappa shape index (κ2) is 6.60. The maximum Gasteiger partial charge on any atom is 0.203 e. The Morgan fingerprint density at radius 1 is 1.25 bits per heavy atom. The molecule has 1 N–H and O–H groups in total. The van der Waals surface area contributed by atoms with Crippen LogP contribution in [-0.4, -0.2) is 16.1 Å². The zero-order valence-electron chi connectivity index (χ0n) is 13.0. The summed E-state index contributed by atoms with van der Waals surface area (Å²) in [5, 5.41) is 3.46. The minimum absolute atomic E-state index is 0.293. The molecule has 1 aromatic carbocycles. The van der Waals surface area contributed by atoms with Gasteiger partial charge in [-0.1, -0.05) is 37.6 Å². The van der Waals surface area contributed by atoms with Crippen molar-refractivity contribution in [1.82, 2.24) is 9.55 Å². The molecule has 1 unspecified atom stereocenters. The summed E-state index contributed by atoms with van der Waals surface area (Å²) in [4.78, 5) is 4.61. The van der Waals surface area contributed by atoms with Gasteiger partial charge in [0.2, 0.25) is 5.95 Å². The van der Waals surface area contributed by atoms with Crippen LogP contribution in [0, 0.1) is 13.8 Å². The minimum atomic E-state index is 0.293. The quantitative estimate of drug-likeness (QED) is 0.793. The third-order valence-electron chi connectivity index (χ3n) is 3.72. The molecule has 0 amide bonds. The molecule has 2 rings (SSSR count). The zero-order valence-corrected chi connectivity index (χ0v) is 13.0. The minimum Gasteiger partial charge on any atom is -0.356 e. The highest BCUT2D eigenvalue weighted by atomic mass is 15.2. The normalized spacial score (nSPS) is 12.4. The molecule has 0 fully saturated rings. The second-order valence-corrected chi connectivity index (χ2v) is 5.43. The Morgan fingerprint density at radius 2 is 2.00 bits per heavy atom. The van der Waals surface area contributed by atoms with E-state index in [0.29, 0.717) is 6.04 Å². The van der Waals surface area contributed by atoms with Gasteiger partial charge in [-0.05, 0) is 38.3 Å². The van der Waals surface area contributed by atoms with Gasteiger partial charge >= 0.3 is 0 Å². The van der Waals surface area contributed by atoms with E-state index in [1.807, 2.05) is 6.92 Å². The van der Waals surface area contributed by atoms with E-state index in [2.05, 4.69) is 66.1 Å². The summed E-state index contributed by atoms with van der Waals surface area (Å²) >= 11 is 0. The Kier molecular flexibility index (Phi) is 4.83. The molecule has 0 spiro atoms. The van der Waals surface area contributed by atoms with Crippen molar-refractivity contribution < 1.29 is 0 Å². The van der Waals surface area contributed by atoms with Crippen molar-refractivity contribution in [3.05, 3.63) is 47.3 Å². The monoisotopic (exact) mass is 271 g/mol. The molecule has 0 bridgehead atoms. The summed E-state index contributed by atoms with van der Waals surface area (Å²) in [6.07, 6.45) is 4.50. The number of rotatable bonds is 6. The van der Waals surface area contributed by atoms with Crippen molar-refractivity contribution in [2.75, 3.05) is 11.9 Å². The van der Waals surface area contributed by atoms with Crippen molar-refractivity contribution >= 4 is 5.95 Å². The van der Waals surface area contributed by atoms with Crippen LogP contribution in [0.5, 0.6) is 0 Å². The highest BCUT2D eigenvalue weighted by molar-refractivity contribution is 5.35. The first-order chi connectivity index (χ1) is 9.63. The van der Waals surface area contributed by atoms with Crippen molar-refractivity contribution in [2.45, 2.75) is 46.6 Å². The molecule has 108 valence electrons. The highest BCUT2D eigenvalue weighted by Gasteiger charge is 2.14. The lowest BCUT2D eigenvalue weighted by Crippen LogP contribution is -2.13. The molecule has 2 aromatic rings. The smallest absolute Gasteiger partial charge is 0.203 e. The summed E-state index contributed by atoms with van der Waals surface area (Å²) < 4.78 is 2.24. The van der Waals surface area contributed by atoms with Gasteiger partial charge in [0, 0.05) is 12.7 Å². The summed E-state index contributed by atoms with van der Waals surface area (Å²) in [6, 6.07) is 8.85. The van der Waals surface area contributed by atoms with E-state index in [0.717, 1.165) is 18.2 Å². The number of nitrogens with zero attached hydrogens (tertiary/aromatic N) is 2. The Labute approximate surface area is 122 Å². The van der Waals surface area contributed by atoms with Gasteiger partial charge in [0.15, 0.2) is 0 Å². The fourth-order valence-electron chi connectivity index (χ4n) is 2.52. The molecule has 3 nitrogen and oxygen atoms in total. The molecule has 0 aliphatic rings. The summed E-state index contributed by atoms with van der Waals surface area (Å²) in [7, 11) is 0. The molecule has 3 heteroatoms. The van der Waals surface area contributed by atoms with E-state index in [-0.39, 0.29) is 0 Å². The van der Waals surface area contributed by atoms with Crippen LogP contribution >= 0.6 is 0 Å². The third-order valence-corrected chi connectivity index (χ3v) is 3.72. The van der Waals surface area contributed by atoms with E-state index in [4.69, 9.17) is 0 Å². The third kappa shape index (κ3) is 3.21. The van der Waals surface area contributed by atoms with Crippen molar-refractivity contribution in [2.24, 2.45) is 0 Å². The van der Waals surface area contributed by atoms with Gasteiger partial charge < -0.3 is 9.88 Å². The van der Waals surface area contributed by atoms with Crippen LogP contribution in [0.1, 0.15) is 49.6 Å². The lowest BCUT2D eigenvalue weighted by molar-refractivity contribution is 0.637. The van der Waals surface area contributed by atoms with Gasteiger partial charge in [-0.3, -0.25) is 0 Å². The molecule has 0 saturated carbocycles. The fourth-order valence-corrected chi connectivity index (χ4v) is 2.52. The lowest BCUT2D eigenvalue weighted by Gasteiger charge is -2.19. The van der Waals surface area contributed by atoms with Crippen molar-refractivity contribution in [3.63, 3.8) is 0 Å². The Morgan fingerprint density at radius 3 is 2.70 bits per heavy atom. The number of aryl methyl sites for hydroxylation is 2. The molecule has 0 radical (unpaired) electrons. The average Bonchev–Trinajstić information content (AvgIpc) is 2.80. The van der Waals surface area contributed by atoms with E-state index in [9.17, 15) is 0 Å². The highest BCUT2D eigenvalue weighted by Crippen LogP contribution is 2.25. The standard InChI is InChI=1S/C17H25N3/c1-5-6-11-18-17-19-14(3)12-20(17)15(4)16-10-8-7-9-13(16)2/h7-10,12,15H,5-6,11H2,1-4H3,(H,18,19). The zero-order chi connectivity index (χ0) is 14.5. The lowest BCUT2D eigenvalue weighted by atomic mass is 10.0. The number of hydrogen-bond acceptors (Lipinski definition) is 2. The number of benzene rings is 1. The molecule has 1 heterocycles. The molecule has 0 saturated heterocycles. The number of unbranched alkanes of at least 4 members (excludes halogenated alkanes) is 1. The van der Waals surface area contributed by atoms with Crippen LogP contribution < -0.4 is 5.32 Å². The van der Waals surface area contributed by atoms with Gasteiger partial charge in [0.05, 0.1) is 11.7 Å². The average molecular weight is 271 g/mol. The van der Waals surface area contributed by atoms with E-state index < -0.39 is 0 Å². The topological polar surface area (TPSA) is 29.9 Å². The predicted octanol–water partition coefficient (Wildman–Crippen LogP) is 4.32. The molecule has 0 aliphatic carbocycles. The SMILES string of the molecule is CCCCNc1nc(C)cn1C(C)c1ccccc1C. The maximum absolute atomic E-state index is 4.61. The Balaban J connectivity index is 2.25. The van der Waals surface area contributed by atoms with Crippen LogP contribution in [0.25, 0.3) is 0 Å². The molecular weight excluding hydrogens is 246 g/mol. The largest absolute Gasteiger partial charge is 0.356 e. The Bertz CT molecular complexity index is 557. The predicted molar refractivity (Wildman–Crippen MR) is 85.4 cm³/mol. The van der Waals surface area contributed by atoms with Crippen LogP contribution in [0.4, 0.5) is 5.95 Å². The van der Waals surface area contributed by atoms with Crippen molar-refractivity contribution in [3.8, 4) is 0 Å². The molecule has 1 atom stereocenters. The summed E-state index contributed by atoms with van der Waals surface area (Å²) in [5.74, 6) is 0.978. The first-order valence-electron chi connectivity index (χ1n) is 7.48. The number of hydrogen-bond donors (Lipinski definition) is 1. The molecule has 20 heavy (non-hydrogen) atoms. The van der Waals surface area contributed by atoms with Gasteiger partial charge in [0.1, 0.15) is 0 Å².